The molecule has 0 aliphatic rings. The Hall–Kier alpha value is -3.61. The highest BCUT2D eigenvalue weighted by Crippen LogP contribution is 2.29. The molecule has 0 bridgehead atoms. The second-order valence-electron chi connectivity index (χ2n) is 6.83. The zero-order valence-corrected chi connectivity index (χ0v) is 16.3. The Balaban J connectivity index is 1.76. The first kappa shape index (κ1) is 19.7. The number of carbonyl (C=O) groups excluding carboxylic acids is 1. The molecule has 0 atom stereocenters. The maximum absolute atomic E-state index is 14.9. The molecule has 1 aromatic carbocycles. The van der Waals surface area contributed by atoms with Crippen LogP contribution in [0, 0.1) is 11.6 Å². The molecule has 152 valence electrons. The number of ketones is 1. The van der Waals surface area contributed by atoms with E-state index in [1.807, 2.05) is 13.0 Å². The number of carbonyl (C=O) groups is 1. The summed E-state index contributed by atoms with van der Waals surface area (Å²) < 4.78 is 34.8. The number of pyridine rings is 2. The highest BCUT2D eigenvalue weighted by atomic mass is 19.1. The average molecular weight is 407 g/mol. The van der Waals surface area contributed by atoms with Crippen molar-refractivity contribution in [3.63, 3.8) is 0 Å². The van der Waals surface area contributed by atoms with Crippen molar-refractivity contribution in [2.45, 2.75) is 19.8 Å². The number of fused-ring (bicyclic) bond motifs is 1. The first-order chi connectivity index (χ1) is 14.6. The summed E-state index contributed by atoms with van der Waals surface area (Å²) in [6, 6.07) is 7.65. The van der Waals surface area contributed by atoms with Crippen LogP contribution in [0.2, 0.25) is 0 Å². The molecular weight excluding hydrogens is 388 g/mol. The lowest BCUT2D eigenvalue weighted by molar-refractivity contribution is 0.103. The number of aromatic amines is 1. The van der Waals surface area contributed by atoms with E-state index in [1.54, 1.807) is 30.7 Å². The molecule has 4 rings (SSSR count). The summed E-state index contributed by atoms with van der Waals surface area (Å²) in [7, 11) is 0. The van der Waals surface area contributed by atoms with Crippen molar-refractivity contribution >= 4 is 16.8 Å². The van der Waals surface area contributed by atoms with Gasteiger partial charge in [0.1, 0.15) is 11.5 Å². The van der Waals surface area contributed by atoms with Gasteiger partial charge in [-0.15, -0.1) is 0 Å². The first-order valence-corrected chi connectivity index (χ1v) is 9.63. The fourth-order valence-electron chi connectivity index (χ4n) is 3.20. The van der Waals surface area contributed by atoms with E-state index in [9.17, 15) is 13.6 Å². The van der Waals surface area contributed by atoms with E-state index < -0.39 is 23.0 Å². The van der Waals surface area contributed by atoms with Crippen LogP contribution < -0.4 is 4.74 Å². The minimum Gasteiger partial charge on any atom is -0.490 e. The molecule has 0 aliphatic carbocycles. The van der Waals surface area contributed by atoms with Crippen LogP contribution in [0.25, 0.3) is 22.2 Å². The molecule has 0 amide bonds. The number of aromatic nitrogens is 3. The summed E-state index contributed by atoms with van der Waals surface area (Å²) in [4.78, 5) is 24.4. The van der Waals surface area contributed by atoms with Crippen LogP contribution in [0.1, 0.15) is 35.7 Å². The van der Waals surface area contributed by atoms with Crippen LogP contribution >= 0.6 is 0 Å². The topological polar surface area (TPSA) is 67.9 Å². The molecule has 1 N–H and O–H groups in total. The van der Waals surface area contributed by atoms with Gasteiger partial charge in [-0.2, -0.15) is 0 Å². The van der Waals surface area contributed by atoms with E-state index in [1.165, 1.54) is 12.3 Å². The predicted molar refractivity (Wildman–Crippen MR) is 110 cm³/mol. The van der Waals surface area contributed by atoms with E-state index in [4.69, 9.17) is 4.74 Å². The molecule has 0 saturated carbocycles. The number of ether oxygens (including phenoxy) is 1. The van der Waals surface area contributed by atoms with Gasteiger partial charge in [-0.25, -0.2) is 13.8 Å². The Labute approximate surface area is 171 Å². The van der Waals surface area contributed by atoms with Crippen molar-refractivity contribution in [1.82, 2.24) is 15.0 Å². The van der Waals surface area contributed by atoms with Gasteiger partial charge >= 0.3 is 0 Å². The monoisotopic (exact) mass is 407 g/mol. The molecule has 0 aliphatic heterocycles. The fraction of sp³-hybridized carbons (Fsp3) is 0.174. The molecule has 0 radical (unpaired) electrons. The highest BCUT2D eigenvalue weighted by molar-refractivity contribution is 6.16. The second-order valence-corrected chi connectivity index (χ2v) is 6.83. The molecule has 7 heteroatoms. The molecule has 3 heterocycles. The second kappa shape index (κ2) is 8.41. The van der Waals surface area contributed by atoms with Crippen molar-refractivity contribution in [2.24, 2.45) is 0 Å². The number of nitrogens with one attached hydrogen (secondary N) is 1. The van der Waals surface area contributed by atoms with Gasteiger partial charge in [-0.05, 0) is 30.7 Å². The first-order valence-electron chi connectivity index (χ1n) is 9.63. The lowest BCUT2D eigenvalue weighted by Gasteiger charge is -2.10. The quantitative estimate of drug-likeness (QED) is 0.333. The highest BCUT2D eigenvalue weighted by Gasteiger charge is 2.25. The molecule has 0 unspecified atom stereocenters. The van der Waals surface area contributed by atoms with Crippen molar-refractivity contribution < 1.29 is 18.3 Å². The molecule has 3 aromatic heterocycles. The standard InChI is InChI=1S/C23H19F2N3O2/c1-2-3-9-30-19-7-6-18(24)20(21(19)25)22(29)17-13-28-23-16(17)10-15(12-27-23)14-5-4-8-26-11-14/h4-8,10-13H,2-3,9H2,1H3,(H,27,28). The minimum atomic E-state index is -0.998. The molecular formula is C23H19F2N3O2. The largest absolute Gasteiger partial charge is 0.490 e. The molecule has 0 saturated heterocycles. The number of nitrogens with zero attached hydrogens (tertiary/aromatic N) is 2. The van der Waals surface area contributed by atoms with Crippen molar-refractivity contribution in [2.75, 3.05) is 6.61 Å². The Kier molecular flexibility index (Phi) is 5.52. The van der Waals surface area contributed by atoms with Gasteiger partial charge in [-0.1, -0.05) is 19.4 Å². The molecule has 0 spiro atoms. The summed E-state index contributed by atoms with van der Waals surface area (Å²) in [6.45, 7) is 2.27. The number of unbranched alkanes of at least 4 members (excludes halogenated alkanes) is 1. The van der Waals surface area contributed by atoms with Gasteiger partial charge in [-0.3, -0.25) is 9.78 Å². The Morgan fingerprint density at radius 2 is 2.03 bits per heavy atom. The van der Waals surface area contributed by atoms with Crippen LogP contribution in [-0.2, 0) is 0 Å². The van der Waals surface area contributed by atoms with E-state index in [-0.39, 0.29) is 17.9 Å². The smallest absolute Gasteiger partial charge is 0.201 e. The third-order valence-electron chi connectivity index (χ3n) is 4.81. The lowest BCUT2D eigenvalue weighted by Crippen LogP contribution is -2.09. The summed E-state index contributed by atoms with van der Waals surface area (Å²) in [6.07, 6.45) is 7.99. The van der Waals surface area contributed by atoms with Crippen LogP contribution in [0.4, 0.5) is 8.78 Å². The molecule has 5 nitrogen and oxygen atoms in total. The number of hydrogen-bond acceptors (Lipinski definition) is 4. The van der Waals surface area contributed by atoms with E-state index >= 15 is 0 Å². The van der Waals surface area contributed by atoms with Crippen LogP contribution in [-0.4, -0.2) is 27.3 Å². The van der Waals surface area contributed by atoms with E-state index in [0.29, 0.717) is 11.0 Å². The van der Waals surface area contributed by atoms with Gasteiger partial charge in [0.05, 0.1) is 12.2 Å². The van der Waals surface area contributed by atoms with E-state index in [2.05, 4.69) is 15.0 Å². The fourth-order valence-corrected chi connectivity index (χ4v) is 3.20. The minimum absolute atomic E-state index is 0.131. The van der Waals surface area contributed by atoms with Crippen LogP contribution in [0.15, 0.2) is 55.1 Å². The maximum Gasteiger partial charge on any atom is 0.201 e. The van der Waals surface area contributed by atoms with E-state index in [0.717, 1.165) is 30.0 Å². The number of hydrogen-bond donors (Lipinski definition) is 1. The van der Waals surface area contributed by atoms with Crippen molar-refractivity contribution in [1.29, 1.82) is 0 Å². The zero-order valence-electron chi connectivity index (χ0n) is 16.3. The molecule has 4 aromatic rings. The summed E-state index contributed by atoms with van der Waals surface area (Å²) >= 11 is 0. The van der Waals surface area contributed by atoms with Gasteiger partial charge in [0.25, 0.3) is 0 Å². The Bertz CT molecular complexity index is 1210. The van der Waals surface area contributed by atoms with Gasteiger partial charge < -0.3 is 9.72 Å². The molecule has 0 fully saturated rings. The Morgan fingerprint density at radius 1 is 1.17 bits per heavy atom. The number of H-pyrrole nitrogens is 1. The normalized spacial score (nSPS) is 11.0. The third-order valence-corrected chi connectivity index (χ3v) is 4.81. The average Bonchev–Trinajstić information content (AvgIpc) is 3.19. The number of halogens is 2. The summed E-state index contributed by atoms with van der Waals surface area (Å²) in [5, 5.41) is 0.470. The predicted octanol–water partition coefficient (Wildman–Crippen LogP) is 5.31. The maximum atomic E-state index is 14.9. The van der Waals surface area contributed by atoms with Crippen LogP contribution in [0.5, 0.6) is 5.75 Å². The lowest BCUT2D eigenvalue weighted by atomic mass is 10.0. The summed E-state index contributed by atoms with van der Waals surface area (Å²) in [5.41, 5.74) is 1.49. The Morgan fingerprint density at radius 3 is 2.80 bits per heavy atom. The molecule has 30 heavy (non-hydrogen) atoms. The van der Waals surface area contributed by atoms with Gasteiger partial charge in [0, 0.05) is 46.9 Å². The third kappa shape index (κ3) is 3.66. The van der Waals surface area contributed by atoms with Gasteiger partial charge in [0.2, 0.25) is 5.78 Å². The number of benzene rings is 1. The SMILES string of the molecule is CCCCOc1ccc(F)c(C(=O)c2c[nH]c3ncc(-c4cccnc4)cc23)c1F. The van der Waals surface area contributed by atoms with Crippen molar-refractivity contribution in [3.05, 3.63) is 77.9 Å². The van der Waals surface area contributed by atoms with Crippen molar-refractivity contribution in [3.8, 4) is 16.9 Å². The van der Waals surface area contributed by atoms with Gasteiger partial charge in [0.15, 0.2) is 11.6 Å². The number of rotatable bonds is 7. The zero-order chi connectivity index (χ0) is 21.1. The summed E-state index contributed by atoms with van der Waals surface area (Å²) in [5.74, 6) is -2.85. The van der Waals surface area contributed by atoms with Crippen LogP contribution in [0.3, 0.4) is 0 Å².